The minimum absolute atomic E-state index is 0.189. The number of benzene rings is 1. The lowest BCUT2D eigenvalue weighted by Crippen LogP contribution is -2.41. The second kappa shape index (κ2) is 6.63. The molecule has 0 aliphatic rings. The molecule has 4 N–H and O–H groups in total. The van der Waals surface area contributed by atoms with E-state index in [0.717, 1.165) is 5.56 Å². The first kappa shape index (κ1) is 14.0. The van der Waals surface area contributed by atoms with E-state index in [0.29, 0.717) is 18.7 Å². The van der Waals surface area contributed by atoms with Crippen molar-refractivity contribution in [2.75, 3.05) is 0 Å². The van der Waals surface area contributed by atoms with Crippen LogP contribution in [0.3, 0.4) is 0 Å². The van der Waals surface area contributed by atoms with Gasteiger partial charge in [-0.2, -0.15) is 10.2 Å². The molecular formula is C14H16N4O2. The van der Waals surface area contributed by atoms with Gasteiger partial charge in [-0.3, -0.25) is 4.79 Å². The fraction of sp³-hybridized carbons (Fsp3) is 0.214. The van der Waals surface area contributed by atoms with Gasteiger partial charge in [-0.1, -0.05) is 12.1 Å². The highest BCUT2D eigenvalue weighted by atomic mass is 16.3. The maximum Gasteiger partial charge on any atom is 0.237 e. The Kier molecular flexibility index (Phi) is 4.62. The van der Waals surface area contributed by atoms with Gasteiger partial charge in [-0.05, 0) is 36.2 Å². The number of hydrogen-bond acceptors (Lipinski definition) is 5. The summed E-state index contributed by atoms with van der Waals surface area (Å²) in [6, 6.07) is 9.51. The Morgan fingerprint density at radius 3 is 2.70 bits per heavy atom. The largest absolute Gasteiger partial charge is 0.508 e. The number of nitrogens with one attached hydrogen (secondary N) is 1. The third-order valence-corrected chi connectivity index (χ3v) is 2.80. The van der Waals surface area contributed by atoms with Crippen molar-refractivity contribution in [3.8, 4) is 5.75 Å². The zero-order chi connectivity index (χ0) is 14.4. The van der Waals surface area contributed by atoms with Crippen LogP contribution < -0.4 is 11.1 Å². The molecule has 1 aromatic heterocycles. The van der Waals surface area contributed by atoms with Crippen LogP contribution in [0.2, 0.25) is 0 Å². The van der Waals surface area contributed by atoms with Crippen molar-refractivity contribution in [1.29, 1.82) is 0 Å². The Balaban J connectivity index is 1.84. The topological polar surface area (TPSA) is 101 Å². The summed E-state index contributed by atoms with van der Waals surface area (Å²) in [5.41, 5.74) is 7.41. The maximum absolute atomic E-state index is 11.9. The van der Waals surface area contributed by atoms with Crippen LogP contribution in [0.15, 0.2) is 42.6 Å². The monoisotopic (exact) mass is 272 g/mol. The van der Waals surface area contributed by atoms with E-state index in [9.17, 15) is 9.90 Å². The third kappa shape index (κ3) is 4.03. The first-order chi connectivity index (χ1) is 9.65. The van der Waals surface area contributed by atoms with E-state index >= 15 is 0 Å². The molecule has 0 saturated carbocycles. The third-order valence-electron chi connectivity index (χ3n) is 2.80. The fourth-order valence-corrected chi connectivity index (χ4v) is 1.72. The van der Waals surface area contributed by atoms with Gasteiger partial charge in [0.2, 0.25) is 5.91 Å². The normalized spacial score (nSPS) is 11.8. The van der Waals surface area contributed by atoms with Gasteiger partial charge in [-0.15, -0.1) is 0 Å². The number of amides is 1. The SMILES string of the molecule is NC(Cc1ccc(O)cc1)C(=O)NCc1cccnn1. The Morgan fingerprint density at radius 1 is 1.30 bits per heavy atom. The van der Waals surface area contributed by atoms with Crippen molar-refractivity contribution in [3.05, 3.63) is 53.9 Å². The molecule has 104 valence electrons. The Morgan fingerprint density at radius 2 is 2.05 bits per heavy atom. The number of carbonyl (C=O) groups is 1. The summed E-state index contributed by atoms with van der Waals surface area (Å²) in [4.78, 5) is 11.9. The van der Waals surface area contributed by atoms with Gasteiger partial charge in [0.15, 0.2) is 0 Å². The van der Waals surface area contributed by atoms with E-state index in [2.05, 4.69) is 15.5 Å². The number of hydrogen-bond donors (Lipinski definition) is 3. The number of aromatic hydroxyl groups is 1. The molecule has 6 nitrogen and oxygen atoms in total. The highest BCUT2D eigenvalue weighted by Crippen LogP contribution is 2.10. The number of phenolic OH excluding ortho intramolecular Hbond substituents is 1. The molecule has 1 amide bonds. The standard InChI is InChI=1S/C14H16N4O2/c15-13(8-10-3-5-12(19)6-4-10)14(20)16-9-11-2-1-7-17-18-11/h1-7,13,19H,8-9,15H2,(H,16,20). The number of phenols is 1. The highest BCUT2D eigenvalue weighted by Gasteiger charge is 2.13. The minimum atomic E-state index is -0.642. The molecule has 0 fully saturated rings. The molecule has 2 rings (SSSR count). The summed E-state index contributed by atoms with van der Waals surface area (Å²) in [7, 11) is 0. The van der Waals surface area contributed by atoms with Gasteiger partial charge < -0.3 is 16.2 Å². The lowest BCUT2D eigenvalue weighted by molar-refractivity contribution is -0.122. The second-order valence-electron chi connectivity index (χ2n) is 4.41. The van der Waals surface area contributed by atoms with E-state index in [1.807, 2.05) is 0 Å². The summed E-state index contributed by atoms with van der Waals surface area (Å²) >= 11 is 0. The number of aromatic nitrogens is 2. The summed E-state index contributed by atoms with van der Waals surface area (Å²) in [6.07, 6.45) is 1.98. The van der Waals surface area contributed by atoms with Crippen LogP contribution in [0.25, 0.3) is 0 Å². The van der Waals surface area contributed by atoms with Crippen molar-refractivity contribution >= 4 is 5.91 Å². The number of nitrogens with two attached hydrogens (primary N) is 1. The highest BCUT2D eigenvalue weighted by molar-refractivity contribution is 5.81. The zero-order valence-corrected chi connectivity index (χ0v) is 10.9. The van der Waals surface area contributed by atoms with Crippen LogP contribution in [-0.4, -0.2) is 27.3 Å². The van der Waals surface area contributed by atoms with E-state index in [4.69, 9.17) is 5.73 Å². The van der Waals surface area contributed by atoms with E-state index < -0.39 is 6.04 Å². The number of rotatable bonds is 5. The second-order valence-corrected chi connectivity index (χ2v) is 4.41. The maximum atomic E-state index is 11.9. The van der Waals surface area contributed by atoms with Crippen molar-refractivity contribution in [3.63, 3.8) is 0 Å². The Bertz CT molecular complexity index is 557. The summed E-state index contributed by atoms with van der Waals surface area (Å²) in [5, 5.41) is 19.5. The Labute approximate surface area is 116 Å². The zero-order valence-electron chi connectivity index (χ0n) is 10.9. The van der Waals surface area contributed by atoms with Gasteiger partial charge >= 0.3 is 0 Å². The molecule has 0 aliphatic heterocycles. The fourth-order valence-electron chi connectivity index (χ4n) is 1.72. The molecule has 0 radical (unpaired) electrons. The van der Waals surface area contributed by atoms with E-state index in [-0.39, 0.29) is 11.7 Å². The number of nitrogens with zero attached hydrogens (tertiary/aromatic N) is 2. The molecule has 0 spiro atoms. The van der Waals surface area contributed by atoms with Crippen LogP contribution >= 0.6 is 0 Å². The molecule has 0 saturated heterocycles. The smallest absolute Gasteiger partial charge is 0.237 e. The average Bonchev–Trinajstić information content (AvgIpc) is 2.48. The predicted molar refractivity (Wildman–Crippen MR) is 73.7 cm³/mol. The van der Waals surface area contributed by atoms with Crippen molar-refractivity contribution in [2.24, 2.45) is 5.73 Å². The van der Waals surface area contributed by atoms with Crippen LogP contribution in [0, 0.1) is 0 Å². The number of carbonyl (C=O) groups excluding carboxylic acids is 1. The first-order valence-corrected chi connectivity index (χ1v) is 6.23. The molecule has 1 aromatic carbocycles. The summed E-state index contributed by atoms with van der Waals surface area (Å²) in [5.74, 6) is -0.0573. The predicted octanol–water partition coefficient (Wildman–Crippen LogP) is 0.368. The van der Waals surface area contributed by atoms with Gasteiger partial charge in [0.1, 0.15) is 5.75 Å². The van der Waals surface area contributed by atoms with Crippen LogP contribution in [0.5, 0.6) is 5.75 Å². The van der Waals surface area contributed by atoms with E-state index in [1.165, 1.54) is 0 Å². The average molecular weight is 272 g/mol. The summed E-state index contributed by atoms with van der Waals surface area (Å²) < 4.78 is 0. The summed E-state index contributed by atoms with van der Waals surface area (Å²) in [6.45, 7) is 0.302. The molecule has 6 heteroatoms. The molecule has 1 unspecified atom stereocenters. The quantitative estimate of drug-likeness (QED) is 0.730. The molecular weight excluding hydrogens is 256 g/mol. The van der Waals surface area contributed by atoms with Crippen molar-refractivity contribution < 1.29 is 9.90 Å². The van der Waals surface area contributed by atoms with Crippen LogP contribution in [0.1, 0.15) is 11.3 Å². The molecule has 1 atom stereocenters. The lowest BCUT2D eigenvalue weighted by Gasteiger charge is -2.12. The van der Waals surface area contributed by atoms with Crippen molar-refractivity contribution in [2.45, 2.75) is 19.0 Å². The molecule has 0 aliphatic carbocycles. The van der Waals surface area contributed by atoms with Gasteiger partial charge in [0, 0.05) is 6.20 Å². The van der Waals surface area contributed by atoms with Gasteiger partial charge in [-0.25, -0.2) is 0 Å². The van der Waals surface area contributed by atoms with Crippen LogP contribution in [0.4, 0.5) is 0 Å². The molecule has 2 aromatic rings. The minimum Gasteiger partial charge on any atom is -0.508 e. The van der Waals surface area contributed by atoms with E-state index in [1.54, 1.807) is 42.6 Å². The molecule has 0 bridgehead atoms. The Hall–Kier alpha value is -2.47. The molecule has 20 heavy (non-hydrogen) atoms. The molecule has 1 heterocycles. The van der Waals surface area contributed by atoms with Crippen LogP contribution in [-0.2, 0) is 17.8 Å². The van der Waals surface area contributed by atoms with Crippen molar-refractivity contribution in [1.82, 2.24) is 15.5 Å². The lowest BCUT2D eigenvalue weighted by atomic mass is 10.1. The van der Waals surface area contributed by atoms with Gasteiger partial charge in [0.25, 0.3) is 0 Å². The first-order valence-electron chi connectivity index (χ1n) is 6.23. The van der Waals surface area contributed by atoms with Gasteiger partial charge in [0.05, 0.1) is 18.3 Å².